The van der Waals surface area contributed by atoms with E-state index in [9.17, 15) is 4.79 Å². The molecule has 6 heteroatoms. The van der Waals surface area contributed by atoms with Gasteiger partial charge < -0.3 is 14.2 Å². The van der Waals surface area contributed by atoms with Crippen molar-refractivity contribution in [2.45, 2.75) is 45.6 Å². The van der Waals surface area contributed by atoms with E-state index in [4.69, 9.17) is 19.2 Å². The van der Waals surface area contributed by atoms with Crippen LogP contribution in [0.2, 0.25) is 0 Å². The first-order chi connectivity index (χ1) is 23.6. The van der Waals surface area contributed by atoms with E-state index in [1.807, 2.05) is 61.6 Å². The molecule has 2 aromatic heterocycles. The molecular weight excluding hydrogens is 596 g/mol. The monoisotopic (exact) mass is 634 g/mol. The maximum atomic E-state index is 14.6. The number of pyridine rings is 1. The van der Waals surface area contributed by atoms with Crippen LogP contribution in [0.4, 0.5) is 0 Å². The molecule has 2 aliphatic carbocycles. The van der Waals surface area contributed by atoms with E-state index in [1.165, 1.54) is 11.1 Å². The minimum atomic E-state index is -0.0480. The van der Waals surface area contributed by atoms with Crippen molar-refractivity contribution in [1.29, 1.82) is 0 Å². The minimum absolute atomic E-state index is 0.0257. The average Bonchev–Trinajstić information content (AvgIpc) is 3.51. The van der Waals surface area contributed by atoms with Gasteiger partial charge in [-0.2, -0.15) is 0 Å². The van der Waals surface area contributed by atoms with Gasteiger partial charge in [0.25, 0.3) is 5.56 Å². The summed E-state index contributed by atoms with van der Waals surface area (Å²) in [5.41, 5.74) is 8.10. The Morgan fingerprint density at radius 3 is 2.23 bits per heavy atom. The Morgan fingerprint density at radius 2 is 1.54 bits per heavy atom. The third-order valence-corrected chi connectivity index (χ3v) is 9.60. The van der Waals surface area contributed by atoms with Gasteiger partial charge in [-0.25, -0.2) is 4.98 Å². The van der Waals surface area contributed by atoms with Crippen LogP contribution in [0.15, 0.2) is 113 Å². The summed E-state index contributed by atoms with van der Waals surface area (Å²) >= 11 is 0. The molecule has 0 spiro atoms. The van der Waals surface area contributed by atoms with Crippen LogP contribution < -0.4 is 15.0 Å². The first-order valence-electron chi connectivity index (χ1n) is 17.0. The molecule has 0 N–H and O–H groups in total. The van der Waals surface area contributed by atoms with E-state index in [0.29, 0.717) is 30.9 Å². The highest BCUT2D eigenvalue weighted by Gasteiger charge is 2.31. The Kier molecular flexibility index (Phi) is 7.81. The maximum Gasteiger partial charge on any atom is 0.264 e. The number of ether oxygens (including phenoxy) is 3. The van der Waals surface area contributed by atoms with Crippen LogP contribution in [-0.2, 0) is 4.74 Å². The highest BCUT2D eigenvalue weighted by atomic mass is 16.5. The maximum absolute atomic E-state index is 14.6. The summed E-state index contributed by atoms with van der Waals surface area (Å²) in [4.78, 5) is 19.9. The molecule has 240 valence electrons. The summed E-state index contributed by atoms with van der Waals surface area (Å²) in [6.07, 6.45) is 10.5. The Bertz CT molecular complexity index is 2290. The standard InChI is InChI=1S/C42H38N2O4/c1-4-46-30-16-10-26(11-17-30)29-24-37(28-14-20-32(21-15-28)48-6-3)40-38(25-29)44-41(43-40)35-23-22-33(27-12-18-31(19-13-27)47-5-2)34-8-7-9-36(39(34)35)42(44)45/h7-16,18-23,25,30,37H,4-6,17,24H2,1-3H3. The molecule has 0 amide bonds. The SMILES string of the molecule is CCOc1ccc(-c2ccc3c4c2cccc4c(=O)n2c4c(nc32)C(c2ccc(OCC)cc2)CC(C2=CCC(OCC)C=C2)=C4)cc1. The Hall–Kier alpha value is -5.20. The summed E-state index contributed by atoms with van der Waals surface area (Å²) in [6.45, 7) is 7.93. The lowest BCUT2D eigenvalue weighted by atomic mass is 9.80. The topological polar surface area (TPSA) is 62.1 Å². The molecule has 6 nitrogen and oxygen atoms in total. The number of hydrogen-bond donors (Lipinski definition) is 0. The summed E-state index contributed by atoms with van der Waals surface area (Å²) in [7, 11) is 0. The van der Waals surface area contributed by atoms with Crippen LogP contribution in [-0.4, -0.2) is 35.3 Å². The van der Waals surface area contributed by atoms with Gasteiger partial charge >= 0.3 is 0 Å². The second-order valence-electron chi connectivity index (χ2n) is 12.4. The molecule has 0 radical (unpaired) electrons. The second-order valence-corrected chi connectivity index (χ2v) is 12.4. The first kappa shape index (κ1) is 30.2. The van der Waals surface area contributed by atoms with E-state index < -0.39 is 0 Å². The molecule has 4 aromatic carbocycles. The van der Waals surface area contributed by atoms with Crippen LogP contribution in [0.5, 0.6) is 11.5 Å². The van der Waals surface area contributed by atoms with Gasteiger partial charge in [0.1, 0.15) is 17.1 Å². The molecule has 0 bridgehead atoms. The number of nitrogens with zero attached hydrogens (tertiary/aromatic N) is 2. The molecule has 0 saturated heterocycles. The van der Waals surface area contributed by atoms with Gasteiger partial charge in [0.15, 0.2) is 0 Å². The number of allylic oxidation sites excluding steroid dienone is 3. The predicted octanol–water partition coefficient (Wildman–Crippen LogP) is 9.11. The summed E-state index contributed by atoms with van der Waals surface area (Å²) in [5, 5.41) is 3.65. The number of fused-ring (bicyclic) bond motifs is 4. The van der Waals surface area contributed by atoms with E-state index in [-0.39, 0.29) is 17.6 Å². The van der Waals surface area contributed by atoms with Crippen LogP contribution in [0.25, 0.3) is 44.4 Å². The summed E-state index contributed by atoms with van der Waals surface area (Å²) in [5.74, 6) is 1.66. The van der Waals surface area contributed by atoms with Crippen LogP contribution in [0.1, 0.15) is 56.5 Å². The lowest BCUT2D eigenvalue weighted by molar-refractivity contribution is 0.0976. The zero-order valence-electron chi connectivity index (χ0n) is 27.5. The fourth-order valence-corrected chi connectivity index (χ4v) is 7.43. The molecule has 2 atom stereocenters. The van der Waals surface area contributed by atoms with Crippen molar-refractivity contribution in [3.05, 3.63) is 136 Å². The molecule has 0 saturated carbocycles. The lowest BCUT2D eigenvalue weighted by Gasteiger charge is -2.25. The number of aromatic nitrogens is 2. The van der Waals surface area contributed by atoms with Crippen molar-refractivity contribution in [1.82, 2.24) is 9.38 Å². The smallest absolute Gasteiger partial charge is 0.264 e. The van der Waals surface area contributed by atoms with Crippen LogP contribution >= 0.6 is 0 Å². The van der Waals surface area contributed by atoms with Crippen molar-refractivity contribution in [3.63, 3.8) is 0 Å². The van der Waals surface area contributed by atoms with Crippen molar-refractivity contribution < 1.29 is 14.2 Å². The fraction of sp³-hybridized carbons (Fsp3) is 0.238. The van der Waals surface area contributed by atoms with E-state index in [0.717, 1.165) is 68.6 Å². The van der Waals surface area contributed by atoms with Crippen molar-refractivity contribution >= 4 is 33.3 Å². The highest BCUT2D eigenvalue weighted by molar-refractivity contribution is 6.18. The summed E-state index contributed by atoms with van der Waals surface area (Å²) < 4.78 is 19.1. The van der Waals surface area contributed by atoms with Gasteiger partial charge in [-0.1, -0.05) is 60.7 Å². The van der Waals surface area contributed by atoms with Gasteiger partial charge in [-0.15, -0.1) is 0 Å². The Morgan fingerprint density at radius 1 is 0.812 bits per heavy atom. The van der Waals surface area contributed by atoms with Gasteiger partial charge in [0.05, 0.1) is 30.7 Å². The molecule has 48 heavy (non-hydrogen) atoms. The fourth-order valence-electron chi connectivity index (χ4n) is 7.43. The normalized spacial score (nSPS) is 17.5. The van der Waals surface area contributed by atoms with Crippen molar-refractivity contribution in [2.75, 3.05) is 19.8 Å². The van der Waals surface area contributed by atoms with E-state index in [1.54, 1.807) is 0 Å². The second kappa shape index (κ2) is 12.4. The number of benzene rings is 4. The molecule has 2 unspecified atom stereocenters. The van der Waals surface area contributed by atoms with Crippen LogP contribution in [0.3, 0.4) is 0 Å². The molecular formula is C42H38N2O4. The Balaban J connectivity index is 1.33. The van der Waals surface area contributed by atoms with E-state index >= 15 is 0 Å². The molecule has 2 heterocycles. The van der Waals surface area contributed by atoms with Crippen molar-refractivity contribution in [2.24, 2.45) is 0 Å². The predicted molar refractivity (Wildman–Crippen MR) is 194 cm³/mol. The number of imidazole rings is 1. The van der Waals surface area contributed by atoms with Gasteiger partial charge in [-0.05, 0) is 109 Å². The lowest BCUT2D eigenvalue weighted by Crippen LogP contribution is -2.18. The number of rotatable bonds is 9. The zero-order valence-corrected chi connectivity index (χ0v) is 27.5. The van der Waals surface area contributed by atoms with Crippen molar-refractivity contribution in [3.8, 4) is 22.6 Å². The highest BCUT2D eigenvalue weighted by Crippen LogP contribution is 2.43. The molecule has 0 fully saturated rings. The largest absolute Gasteiger partial charge is 0.494 e. The first-order valence-corrected chi connectivity index (χ1v) is 17.0. The van der Waals surface area contributed by atoms with Crippen LogP contribution in [0, 0.1) is 0 Å². The minimum Gasteiger partial charge on any atom is -0.494 e. The van der Waals surface area contributed by atoms with Gasteiger partial charge in [0.2, 0.25) is 0 Å². The molecule has 6 aromatic rings. The molecule has 0 aliphatic heterocycles. The molecule has 2 aliphatic rings. The average molecular weight is 635 g/mol. The Labute approximate surface area is 279 Å². The zero-order chi connectivity index (χ0) is 32.8. The number of hydrogen-bond acceptors (Lipinski definition) is 5. The van der Waals surface area contributed by atoms with Gasteiger partial charge in [0, 0.05) is 28.7 Å². The summed E-state index contributed by atoms with van der Waals surface area (Å²) in [6, 6.07) is 26.8. The third-order valence-electron chi connectivity index (χ3n) is 9.60. The van der Waals surface area contributed by atoms with Gasteiger partial charge in [-0.3, -0.25) is 9.20 Å². The third kappa shape index (κ3) is 5.08. The van der Waals surface area contributed by atoms with E-state index in [2.05, 4.69) is 66.8 Å². The quantitative estimate of drug-likeness (QED) is 0.159. The molecule has 8 rings (SSSR count).